The molecule has 3 unspecified atom stereocenters. The maximum atomic E-state index is 11.6. The van der Waals surface area contributed by atoms with E-state index in [1.807, 2.05) is 6.92 Å². The summed E-state index contributed by atoms with van der Waals surface area (Å²) in [5, 5.41) is 3.03. The van der Waals surface area contributed by atoms with Gasteiger partial charge < -0.3 is 20.5 Å². The Bertz CT molecular complexity index is 289. The van der Waals surface area contributed by atoms with E-state index in [0.29, 0.717) is 19.6 Å². The highest BCUT2D eigenvalue weighted by Crippen LogP contribution is 2.18. The van der Waals surface area contributed by atoms with Crippen LogP contribution in [-0.2, 0) is 14.3 Å². The van der Waals surface area contributed by atoms with Gasteiger partial charge in [0.2, 0.25) is 5.91 Å². The molecule has 0 aliphatic carbocycles. The van der Waals surface area contributed by atoms with Crippen molar-refractivity contribution in [1.82, 2.24) is 10.2 Å². The number of hydrogen-bond donors (Lipinski definition) is 2. The molecule has 0 aromatic rings. The molecule has 0 radical (unpaired) electrons. The third-order valence-corrected chi connectivity index (χ3v) is 3.89. The number of nitrogens with one attached hydrogen (secondary N) is 1. The van der Waals surface area contributed by atoms with Crippen molar-refractivity contribution in [2.45, 2.75) is 44.8 Å². The normalized spacial score (nSPS) is 17.8. The van der Waals surface area contributed by atoms with Crippen LogP contribution in [0.1, 0.15) is 27.2 Å². The van der Waals surface area contributed by atoms with E-state index >= 15 is 0 Å². The van der Waals surface area contributed by atoms with Crippen LogP contribution in [-0.4, -0.2) is 69.5 Å². The molecule has 120 valence electrons. The highest BCUT2D eigenvalue weighted by Gasteiger charge is 2.33. The van der Waals surface area contributed by atoms with Crippen molar-refractivity contribution in [3.05, 3.63) is 0 Å². The van der Waals surface area contributed by atoms with E-state index < -0.39 is 5.54 Å². The lowest BCUT2D eigenvalue weighted by molar-refractivity contribution is -0.124. The first-order valence-corrected chi connectivity index (χ1v) is 7.04. The summed E-state index contributed by atoms with van der Waals surface area (Å²) in [6.07, 6.45) is 0.636. The maximum absolute atomic E-state index is 11.6. The number of carbonyl (C=O) groups excluding carboxylic acids is 1. The molecule has 1 amide bonds. The fourth-order valence-corrected chi connectivity index (χ4v) is 2.44. The van der Waals surface area contributed by atoms with Crippen molar-refractivity contribution >= 4 is 5.91 Å². The molecule has 0 spiro atoms. The second kappa shape index (κ2) is 9.28. The number of amides is 1. The first kappa shape index (κ1) is 19.3. The molecule has 0 aliphatic rings. The Morgan fingerprint density at radius 1 is 1.30 bits per heavy atom. The second-order valence-electron chi connectivity index (χ2n) is 5.53. The van der Waals surface area contributed by atoms with Crippen LogP contribution in [0.5, 0.6) is 0 Å². The zero-order valence-electron chi connectivity index (χ0n) is 13.7. The van der Waals surface area contributed by atoms with Gasteiger partial charge >= 0.3 is 0 Å². The SMILES string of the molecule is CNC(C)(CC(C)N(CCOC)C(C)COC)C(N)=O. The summed E-state index contributed by atoms with van der Waals surface area (Å²) in [7, 11) is 5.14. The predicted molar refractivity (Wildman–Crippen MR) is 80.7 cm³/mol. The van der Waals surface area contributed by atoms with Crippen LogP contribution >= 0.6 is 0 Å². The molecule has 0 aromatic carbocycles. The minimum Gasteiger partial charge on any atom is -0.383 e. The molecule has 3 N–H and O–H groups in total. The third-order valence-electron chi connectivity index (χ3n) is 3.89. The number of nitrogens with zero attached hydrogens (tertiary/aromatic N) is 1. The molecular weight excluding hydrogens is 258 g/mol. The Hall–Kier alpha value is -0.690. The molecule has 0 rings (SSSR count). The van der Waals surface area contributed by atoms with Gasteiger partial charge in [0.05, 0.1) is 18.8 Å². The third kappa shape index (κ3) is 5.75. The van der Waals surface area contributed by atoms with Gasteiger partial charge in [-0.05, 0) is 34.2 Å². The van der Waals surface area contributed by atoms with Gasteiger partial charge in [-0.25, -0.2) is 0 Å². The van der Waals surface area contributed by atoms with E-state index in [-0.39, 0.29) is 18.0 Å². The standard InChI is InChI=1S/C14H31N3O3/c1-11(9-14(3,16-4)13(15)18)17(7-8-19-5)12(2)10-20-6/h11-12,16H,7-10H2,1-6H3,(H2,15,18). The lowest BCUT2D eigenvalue weighted by Crippen LogP contribution is -2.56. The van der Waals surface area contributed by atoms with E-state index in [1.165, 1.54) is 0 Å². The van der Waals surface area contributed by atoms with Gasteiger partial charge in [-0.3, -0.25) is 9.69 Å². The molecule has 6 heteroatoms. The molecule has 0 aromatic heterocycles. The monoisotopic (exact) mass is 289 g/mol. The summed E-state index contributed by atoms with van der Waals surface area (Å²) in [6.45, 7) is 8.12. The highest BCUT2D eigenvalue weighted by atomic mass is 16.5. The molecule has 0 saturated heterocycles. The Morgan fingerprint density at radius 3 is 2.30 bits per heavy atom. The summed E-state index contributed by atoms with van der Waals surface area (Å²) in [5.74, 6) is -0.335. The minimum atomic E-state index is -0.711. The van der Waals surface area contributed by atoms with Gasteiger partial charge in [0.1, 0.15) is 0 Å². The largest absolute Gasteiger partial charge is 0.383 e. The van der Waals surface area contributed by atoms with Crippen LogP contribution in [0.2, 0.25) is 0 Å². The molecule has 0 bridgehead atoms. The molecule has 3 atom stereocenters. The quantitative estimate of drug-likeness (QED) is 0.569. The van der Waals surface area contributed by atoms with Gasteiger partial charge in [0, 0.05) is 32.8 Å². The smallest absolute Gasteiger partial charge is 0.237 e. The summed E-state index contributed by atoms with van der Waals surface area (Å²) in [4.78, 5) is 13.9. The number of likely N-dealkylation sites (N-methyl/N-ethyl adjacent to an activating group) is 1. The van der Waals surface area contributed by atoms with E-state index in [4.69, 9.17) is 15.2 Å². The first-order valence-electron chi connectivity index (χ1n) is 7.04. The van der Waals surface area contributed by atoms with Crippen LogP contribution in [0.25, 0.3) is 0 Å². The Labute approximate surface area is 123 Å². The van der Waals surface area contributed by atoms with E-state index in [1.54, 1.807) is 21.3 Å². The number of hydrogen-bond acceptors (Lipinski definition) is 5. The van der Waals surface area contributed by atoms with Crippen molar-refractivity contribution in [1.29, 1.82) is 0 Å². The van der Waals surface area contributed by atoms with Crippen LogP contribution in [0.15, 0.2) is 0 Å². The summed E-state index contributed by atoms with van der Waals surface area (Å²) in [6, 6.07) is 0.430. The lowest BCUT2D eigenvalue weighted by Gasteiger charge is -2.38. The van der Waals surface area contributed by atoms with Gasteiger partial charge in [0.25, 0.3) is 0 Å². The minimum absolute atomic E-state index is 0.181. The van der Waals surface area contributed by atoms with Crippen LogP contribution in [0.3, 0.4) is 0 Å². The Balaban J connectivity index is 4.83. The van der Waals surface area contributed by atoms with Gasteiger partial charge in [-0.1, -0.05) is 0 Å². The van der Waals surface area contributed by atoms with Crippen LogP contribution in [0, 0.1) is 0 Å². The number of methoxy groups -OCH3 is 2. The average Bonchev–Trinajstić information content (AvgIpc) is 2.39. The Morgan fingerprint density at radius 2 is 1.90 bits per heavy atom. The molecule has 0 heterocycles. The molecule has 0 aliphatic heterocycles. The van der Waals surface area contributed by atoms with Gasteiger partial charge in [-0.2, -0.15) is 0 Å². The molecule has 20 heavy (non-hydrogen) atoms. The van der Waals surface area contributed by atoms with Crippen molar-refractivity contribution in [3.8, 4) is 0 Å². The van der Waals surface area contributed by atoms with Crippen molar-refractivity contribution in [3.63, 3.8) is 0 Å². The van der Waals surface area contributed by atoms with Crippen molar-refractivity contribution in [2.75, 3.05) is 41.0 Å². The van der Waals surface area contributed by atoms with Crippen LogP contribution in [0.4, 0.5) is 0 Å². The maximum Gasteiger partial charge on any atom is 0.237 e. The highest BCUT2D eigenvalue weighted by molar-refractivity contribution is 5.84. The van der Waals surface area contributed by atoms with E-state index in [9.17, 15) is 4.79 Å². The molecule has 0 saturated carbocycles. The Kier molecular flexibility index (Phi) is 8.96. The summed E-state index contributed by atoms with van der Waals surface area (Å²) in [5.41, 5.74) is 4.78. The zero-order chi connectivity index (χ0) is 15.8. The average molecular weight is 289 g/mol. The summed E-state index contributed by atoms with van der Waals surface area (Å²) < 4.78 is 10.4. The second-order valence-corrected chi connectivity index (χ2v) is 5.53. The predicted octanol–water partition coefficient (Wildman–Crippen LogP) is 0.212. The molecule has 6 nitrogen and oxygen atoms in total. The van der Waals surface area contributed by atoms with Gasteiger partial charge in [-0.15, -0.1) is 0 Å². The lowest BCUT2D eigenvalue weighted by atomic mass is 9.92. The number of carbonyl (C=O) groups is 1. The number of nitrogens with two attached hydrogens (primary N) is 1. The zero-order valence-corrected chi connectivity index (χ0v) is 13.7. The molecule has 0 fully saturated rings. The number of ether oxygens (including phenoxy) is 2. The number of rotatable bonds is 11. The van der Waals surface area contributed by atoms with Crippen molar-refractivity contribution < 1.29 is 14.3 Å². The fourth-order valence-electron chi connectivity index (χ4n) is 2.44. The topological polar surface area (TPSA) is 76.8 Å². The van der Waals surface area contributed by atoms with Crippen LogP contribution < -0.4 is 11.1 Å². The summed E-state index contributed by atoms with van der Waals surface area (Å²) >= 11 is 0. The van der Waals surface area contributed by atoms with Crippen molar-refractivity contribution in [2.24, 2.45) is 5.73 Å². The fraction of sp³-hybridized carbons (Fsp3) is 0.929. The molecular formula is C14H31N3O3. The van der Waals surface area contributed by atoms with E-state index in [0.717, 1.165) is 6.54 Å². The first-order chi connectivity index (χ1) is 9.32. The van der Waals surface area contributed by atoms with E-state index in [2.05, 4.69) is 24.1 Å². The van der Waals surface area contributed by atoms with Gasteiger partial charge in [0.15, 0.2) is 0 Å². The number of primary amides is 1.